The molecule has 1 aromatic heterocycles. The van der Waals surface area contributed by atoms with Gasteiger partial charge >= 0.3 is 0 Å². The number of hydrogen-bond acceptors (Lipinski definition) is 6. The lowest BCUT2D eigenvalue weighted by molar-refractivity contribution is -0.141. The summed E-state index contributed by atoms with van der Waals surface area (Å²) in [6.07, 6.45) is 0.607. The van der Waals surface area contributed by atoms with Crippen LogP contribution in [0.1, 0.15) is 22.0 Å². The maximum absolute atomic E-state index is 12.6. The third-order valence-corrected chi connectivity index (χ3v) is 5.89. The molecule has 0 unspecified atom stereocenters. The van der Waals surface area contributed by atoms with Crippen molar-refractivity contribution in [1.82, 2.24) is 20.5 Å². The van der Waals surface area contributed by atoms with E-state index in [1.165, 1.54) is 0 Å². The summed E-state index contributed by atoms with van der Waals surface area (Å²) < 4.78 is 5.30. The van der Waals surface area contributed by atoms with Gasteiger partial charge < -0.3 is 20.3 Å². The van der Waals surface area contributed by atoms with Crippen molar-refractivity contribution < 1.29 is 14.3 Å². The number of carbonyl (C=O) groups is 2. The van der Waals surface area contributed by atoms with Crippen molar-refractivity contribution in [1.29, 1.82) is 0 Å². The molecule has 0 saturated carbocycles. The predicted molar refractivity (Wildman–Crippen MR) is 95.3 cm³/mol. The third kappa shape index (κ3) is 4.56. The van der Waals surface area contributed by atoms with Crippen molar-refractivity contribution in [2.24, 2.45) is 11.8 Å². The molecule has 2 amide bonds. The number of thiazole rings is 1. The highest BCUT2D eigenvalue weighted by Gasteiger charge is 2.33. The topological polar surface area (TPSA) is 83.6 Å². The number of nitrogens with zero attached hydrogens (tertiary/aromatic N) is 2. The van der Waals surface area contributed by atoms with Gasteiger partial charge in [0, 0.05) is 31.1 Å². The molecule has 2 aliphatic rings. The number of piperidine rings is 1. The van der Waals surface area contributed by atoms with E-state index >= 15 is 0 Å². The summed E-state index contributed by atoms with van der Waals surface area (Å²) in [7, 11) is 0. The van der Waals surface area contributed by atoms with Crippen LogP contribution in [0, 0.1) is 25.7 Å². The lowest BCUT2D eigenvalue weighted by Crippen LogP contribution is -2.51. The molecule has 8 heteroatoms. The Labute approximate surface area is 152 Å². The predicted octanol–water partition coefficient (Wildman–Crippen LogP) is 0.461. The average Bonchev–Trinajstić information content (AvgIpc) is 2.97. The molecule has 25 heavy (non-hydrogen) atoms. The van der Waals surface area contributed by atoms with Crippen LogP contribution in [-0.4, -0.2) is 61.1 Å². The van der Waals surface area contributed by atoms with E-state index in [1.807, 2.05) is 18.7 Å². The molecule has 0 aliphatic carbocycles. The van der Waals surface area contributed by atoms with Gasteiger partial charge in [0.05, 0.1) is 42.3 Å². The summed E-state index contributed by atoms with van der Waals surface area (Å²) in [5.74, 6) is -0.146. The molecule has 2 aliphatic heterocycles. The van der Waals surface area contributed by atoms with Crippen LogP contribution in [0.5, 0.6) is 0 Å². The second kappa shape index (κ2) is 8.25. The molecule has 0 aromatic carbocycles. The van der Waals surface area contributed by atoms with Gasteiger partial charge in [0.1, 0.15) is 0 Å². The van der Waals surface area contributed by atoms with Crippen LogP contribution in [0.2, 0.25) is 0 Å². The zero-order chi connectivity index (χ0) is 17.8. The highest BCUT2D eigenvalue weighted by molar-refractivity contribution is 7.11. The highest BCUT2D eigenvalue weighted by atomic mass is 32.1. The highest BCUT2D eigenvalue weighted by Crippen LogP contribution is 2.21. The smallest absolute Gasteiger partial charge is 0.227 e. The Hall–Kier alpha value is -1.51. The van der Waals surface area contributed by atoms with Crippen LogP contribution in [0.3, 0.4) is 0 Å². The summed E-state index contributed by atoms with van der Waals surface area (Å²) in [4.78, 5) is 32.5. The first-order valence-electron chi connectivity index (χ1n) is 8.82. The monoisotopic (exact) mass is 366 g/mol. The molecule has 138 valence electrons. The number of amides is 2. The number of carbonyl (C=O) groups excluding carboxylic acids is 2. The van der Waals surface area contributed by atoms with Gasteiger partial charge in [0.25, 0.3) is 0 Å². The molecule has 2 saturated heterocycles. The molecule has 3 heterocycles. The number of rotatable bonds is 4. The fourth-order valence-corrected chi connectivity index (χ4v) is 4.30. The van der Waals surface area contributed by atoms with Crippen molar-refractivity contribution in [3.05, 3.63) is 15.6 Å². The molecule has 0 radical (unpaired) electrons. The average molecular weight is 366 g/mol. The number of aryl methyl sites for hydroxylation is 2. The number of aromatic nitrogens is 1. The first kappa shape index (κ1) is 18.3. The van der Waals surface area contributed by atoms with Crippen LogP contribution < -0.4 is 10.6 Å². The molecule has 1 aromatic rings. The molecule has 2 N–H and O–H groups in total. The normalized spacial score (nSPS) is 24.2. The lowest BCUT2D eigenvalue weighted by Gasteiger charge is -2.34. The minimum Gasteiger partial charge on any atom is -0.378 e. The van der Waals surface area contributed by atoms with Crippen LogP contribution in [0.25, 0.3) is 0 Å². The van der Waals surface area contributed by atoms with Crippen LogP contribution in [0.15, 0.2) is 0 Å². The van der Waals surface area contributed by atoms with E-state index in [-0.39, 0.29) is 23.7 Å². The second-order valence-electron chi connectivity index (χ2n) is 6.68. The minimum atomic E-state index is -0.168. The zero-order valence-corrected chi connectivity index (χ0v) is 15.7. The Morgan fingerprint density at radius 1 is 1.28 bits per heavy atom. The summed E-state index contributed by atoms with van der Waals surface area (Å²) in [5, 5.41) is 7.27. The Morgan fingerprint density at radius 2 is 2.00 bits per heavy atom. The van der Waals surface area contributed by atoms with E-state index in [1.54, 1.807) is 11.3 Å². The van der Waals surface area contributed by atoms with E-state index in [0.29, 0.717) is 52.4 Å². The van der Waals surface area contributed by atoms with Crippen LogP contribution in [-0.2, 0) is 20.9 Å². The van der Waals surface area contributed by atoms with E-state index in [4.69, 9.17) is 4.74 Å². The van der Waals surface area contributed by atoms with Crippen LogP contribution >= 0.6 is 11.3 Å². The Kier molecular flexibility index (Phi) is 6.03. The fraction of sp³-hybridized carbons (Fsp3) is 0.706. The maximum atomic E-state index is 12.6. The van der Waals surface area contributed by atoms with Gasteiger partial charge in [0.2, 0.25) is 11.8 Å². The van der Waals surface area contributed by atoms with Crippen molar-refractivity contribution in [2.45, 2.75) is 26.8 Å². The van der Waals surface area contributed by atoms with Gasteiger partial charge in [-0.25, -0.2) is 4.98 Å². The fourth-order valence-electron chi connectivity index (χ4n) is 3.42. The first-order valence-corrected chi connectivity index (χ1v) is 9.64. The quantitative estimate of drug-likeness (QED) is 0.809. The Bertz CT molecular complexity index is 627. The molecule has 7 nitrogen and oxygen atoms in total. The summed E-state index contributed by atoms with van der Waals surface area (Å²) in [6, 6.07) is 0. The Morgan fingerprint density at radius 3 is 2.68 bits per heavy atom. The van der Waals surface area contributed by atoms with Gasteiger partial charge in [-0.2, -0.15) is 0 Å². The lowest BCUT2D eigenvalue weighted by atomic mass is 9.88. The first-order chi connectivity index (χ1) is 12.0. The molecule has 2 fully saturated rings. The van der Waals surface area contributed by atoms with Crippen LogP contribution in [0.4, 0.5) is 0 Å². The van der Waals surface area contributed by atoms with Crippen molar-refractivity contribution in [2.75, 3.05) is 39.4 Å². The molecule has 0 bridgehead atoms. The number of hydrogen-bond donors (Lipinski definition) is 2. The van der Waals surface area contributed by atoms with E-state index in [9.17, 15) is 9.59 Å². The largest absolute Gasteiger partial charge is 0.378 e. The minimum absolute atomic E-state index is 0.0115. The molecular formula is C17H26N4O3S. The van der Waals surface area contributed by atoms with Crippen molar-refractivity contribution in [3.8, 4) is 0 Å². The standard InChI is InChI=1S/C17H26N4O3S/c1-11-15(25-12(2)20-11)10-19-16(22)13-7-14(9-18-8-13)17(23)21-3-5-24-6-4-21/h13-14,18H,3-10H2,1-2H3,(H,19,22)/t13-,14-/m1/s1. The molecule has 0 spiro atoms. The van der Waals surface area contributed by atoms with Crippen molar-refractivity contribution >= 4 is 23.2 Å². The van der Waals surface area contributed by atoms with E-state index < -0.39 is 0 Å². The molecular weight excluding hydrogens is 340 g/mol. The number of ether oxygens (including phenoxy) is 1. The third-order valence-electron chi connectivity index (χ3n) is 4.82. The van der Waals surface area contributed by atoms with Gasteiger partial charge in [-0.15, -0.1) is 11.3 Å². The molecule has 3 rings (SSSR count). The van der Waals surface area contributed by atoms with Gasteiger partial charge in [-0.3, -0.25) is 9.59 Å². The number of nitrogens with one attached hydrogen (secondary N) is 2. The van der Waals surface area contributed by atoms with Gasteiger partial charge in [0.15, 0.2) is 0 Å². The SMILES string of the molecule is Cc1nc(C)c(CNC(=O)[C@H]2CNC[C@H](C(=O)N3CCOCC3)C2)s1. The van der Waals surface area contributed by atoms with Gasteiger partial charge in [-0.05, 0) is 20.3 Å². The van der Waals surface area contributed by atoms with Gasteiger partial charge in [-0.1, -0.05) is 0 Å². The summed E-state index contributed by atoms with van der Waals surface area (Å²) in [6.45, 7) is 8.21. The molecule has 2 atom stereocenters. The van der Waals surface area contributed by atoms with E-state index in [2.05, 4.69) is 15.6 Å². The second-order valence-corrected chi connectivity index (χ2v) is 7.97. The van der Waals surface area contributed by atoms with Crippen molar-refractivity contribution in [3.63, 3.8) is 0 Å². The Balaban J connectivity index is 1.52. The van der Waals surface area contributed by atoms with E-state index in [0.717, 1.165) is 15.6 Å². The number of morpholine rings is 1. The maximum Gasteiger partial charge on any atom is 0.227 e. The zero-order valence-electron chi connectivity index (χ0n) is 14.8. The summed E-state index contributed by atoms with van der Waals surface area (Å²) >= 11 is 1.61. The summed E-state index contributed by atoms with van der Waals surface area (Å²) in [5.41, 5.74) is 0.977.